The Morgan fingerprint density at radius 1 is 1.19 bits per heavy atom. The van der Waals surface area contributed by atoms with Crippen LogP contribution in [0.1, 0.15) is 62.4 Å². The maximum atomic E-state index is 11.9. The van der Waals surface area contributed by atoms with Gasteiger partial charge in [0.1, 0.15) is 11.7 Å². The highest BCUT2D eigenvalue weighted by Crippen LogP contribution is 2.09. The lowest BCUT2D eigenvalue weighted by Crippen LogP contribution is -2.41. The summed E-state index contributed by atoms with van der Waals surface area (Å²) in [5.41, 5.74) is 0.242. The van der Waals surface area contributed by atoms with E-state index in [1.807, 2.05) is 0 Å². The first-order chi connectivity index (χ1) is 10.1. The van der Waals surface area contributed by atoms with E-state index in [-0.39, 0.29) is 5.69 Å². The molecule has 0 bridgehead atoms. The number of nitrogens with one attached hydrogen (secondary N) is 1. The van der Waals surface area contributed by atoms with E-state index in [1.54, 1.807) is 18.2 Å². The predicted molar refractivity (Wildman–Crippen MR) is 81.1 cm³/mol. The third kappa shape index (κ3) is 6.88. The second-order valence-electron chi connectivity index (χ2n) is 5.14. The maximum Gasteiger partial charge on any atom is 0.326 e. The van der Waals surface area contributed by atoms with Crippen LogP contribution in [0.15, 0.2) is 24.4 Å². The molecule has 1 amide bonds. The Kier molecular flexibility index (Phi) is 8.09. The van der Waals surface area contributed by atoms with Gasteiger partial charge >= 0.3 is 5.97 Å². The third-order valence-electron chi connectivity index (χ3n) is 3.35. The number of aliphatic carboxylic acids is 1. The quantitative estimate of drug-likeness (QED) is 0.650. The van der Waals surface area contributed by atoms with Crippen molar-refractivity contribution in [1.82, 2.24) is 10.3 Å². The number of carbonyl (C=O) groups is 2. The number of nitrogens with zero attached hydrogens (tertiary/aromatic N) is 1. The lowest BCUT2D eigenvalue weighted by molar-refractivity contribution is -0.139. The lowest BCUT2D eigenvalue weighted by Gasteiger charge is -2.14. The molecule has 5 heteroatoms. The second kappa shape index (κ2) is 9.91. The summed E-state index contributed by atoms with van der Waals surface area (Å²) in [6, 6.07) is 4.14. The van der Waals surface area contributed by atoms with Gasteiger partial charge in [-0.15, -0.1) is 0 Å². The highest BCUT2D eigenvalue weighted by molar-refractivity contribution is 5.94. The normalized spacial score (nSPS) is 11.9. The van der Waals surface area contributed by atoms with Gasteiger partial charge in [-0.05, 0) is 18.6 Å². The molecule has 1 aromatic heterocycles. The summed E-state index contributed by atoms with van der Waals surface area (Å²) < 4.78 is 0. The summed E-state index contributed by atoms with van der Waals surface area (Å²) >= 11 is 0. The Labute approximate surface area is 125 Å². The van der Waals surface area contributed by atoms with Gasteiger partial charge in [-0.2, -0.15) is 0 Å². The van der Waals surface area contributed by atoms with Crippen molar-refractivity contribution >= 4 is 11.9 Å². The van der Waals surface area contributed by atoms with Crippen molar-refractivity contribution in [3.8, 4) is 0 Å². The zero-order chi connectivity index (χ0) is 15.5. The Morgan fingerprint density at radius 3 is 2.52 bits per heavy atom. The van der Waals surface area contributed by atoms with E-state index in [0.29, 0.717) is 6.42 Å². The molecule has 0 fully saturated rings. The average molecular weight is 292 g/mol. The third-order valence-corrected chi connectivity index (χ3v) is 3.35. The van der Waals surface area contributed by atoms with E-state index >= 15 is 0 Å². The van der Waals surface area contributed by atoms with Crippen molar-refractivity contribution < 1.29 is 14.7 Å². The SMILES string of the molecule is CCCCCCCC[C@H](NC(=O)c1ccccn1)C(=O)O. The molecule has 1 aromatic rings. The number of amides is 1. The number of carbonyl (C=O) groups excluding carboxylic acids is 1. The van der Waals surface area contributed by atoms with Crippen LogP contribution in [0.4, 0.5) is 0 Å². The van der Waals surface area contributed by atoms with Gasteiger partial charge < -0.3 is 10.4 Å². The molecule has 1 rings (SSSR count). The zero-order valence-corrected chi connectivity index (χ0v) is 12.5. The van der Waals surface area contributed by atoms with Crippen LogP contribution in [0.5, 0.6) is 0 Å². The fraction of sp³-hybridized carbons (Fsp3) is 0.562. The predicted octanol–water partition coefficient (Wildman–Crippen LogP) is 3.02. The molecule has 1 heterocycles. The largest absolute Gasteiger partial charge is 0.480 e. The molecule has 0 spiro atoms. The standard InChI is InChI=1S/C16H24N2O3/c1-2-3-4-5-6-7-11-14(16(20)21)18-15(19)13-10-8-9-12-17-13/h8-10,12,14H,2-7,11H2,1H3,(H,18,19)(H,20,21)/t14-/m0/s1. The van der Waals surface area contributed by atoms with E-state index < -0.39 is 17.9 Å². The van der Waals surface area contributed by atoms with Gasteiger partial charge in [-0.3, -0.25) is 9.78 Å². The minimum atomic E-state index is -0.993. The second-order valence-corrected chi connectivity index (χ2v) is 5.14. The van der Waals surface area contributed by atoms with Crippen LogP contribution in [-0.4, -0.2) is 28.0 Å². The van der Waals surface area contributed by atoms with Gasteiger partial charge in [-0.1, -0.05) is 51.5 Å². The van der Waals surface area contributed by atoms with Gasteiger partial charge in [0.25, 0.3) is 5.91 Å². The first-order valence-corrected chi connectivity index (χ1v) is 7.60. The van der Waals surface area contributed by atoms with E-state index in [4.69, 9.17) is 0 Å². The number of aromatic nitrogens is 1. The van der Waals surface area contributed by atoms with E-state index in [1.165, 1.54) is 25.5 Å². The van der Waals surface area contributed by atoms with Crippen LogP contribution in [-0.2, 0) is 4.79 Å². The Hall–Kier alpha value is -1.91. The van der Waals surface area contributed by atoms with Crippen molar-refractivity contribution in [2.24, 2.45) is 0 Å². The van der Waals surface area contributed by atoms with Crippen LogP contribution in [0.3, 0.4) is 0 Å². The number of unbranched alkanes of at least 4 members (excludes halogenated alkanes) is 5. The van der Waals surface area contributed by atoms with Gasteiger partial charge in [0.15, 0.2) is 0 Å². The van der Waals surface area contributed by atoms with E-state index in [9.17, 15) is 14.7 Å². The molecule has 21 heavy (non-hydrogen) atoms. The zero-order valence-electron chi connectivity index (χ0n) is 12.5. The molecule has 116 valence electrons. The number of pyridine rings is 1. The fourth-order valence-corrected chi connectivity index (χ4v) is 2.12. The minimum Gasteiger partial charge on any atom is -0.480 e. The summed E-state index contributed by atoms with van der Waals surface area (Å²) in [6.07, 6.45) is 8.50. The van der Waals surface area contributed by atoms with E-state index in [2.05, 4.69) is 17.2 Å². The van der Waals surface area contributed by atoms with Crippen molar-refractivity contribution in [3.05, 3.63) is 30.1 Å². The lowest BCUT2D eigenvalue weighted by atomic mass is 10.1. The molecule has 5 nitrogen and oxygen atoms in total. The minimum absolute atomic E-state index is 0.242. The molecular weight excluding hydrogens is 268 g/mol. The number of hydrogen-bond donors (Lipinski definition) is 2. The summed E-state index contributed by atoms with van der Waals surface area (Å²) in [7, 11) is 0. The molecule has 1 atom stereocenters. The van der Waals surface area contributed by atoms with E-state index in [0.717, 1.165) is 19.3 Å². The molecule has 2 N–H and O–H groups in total. The van der Waals surface area contributed by atoms with Crippen molar-refractivity contribution in [3.63, 3.8) is 0 Å². The molecule has 0 radical (unpaired) electrons. The van der Waals surface area contributed by atoms with Crippen molar-refractivity contribution in [2.45, 2.75) is 57.9 Å². The van der Waals surface area contributed by atoms with Crippen molar-refractivity contribution in [1.29, 1.82) is 0 Å². The first kappa shape index (κ1) is 17.1. The molecule has 0 aromatic carbocycles. The van der Waals surface area contributed by atoms with Crippen molar-refractivity contribution in [2.75, 3.05) is 0 Å². The molecule has 0 aliphatic carbocycles. The number of carboxylic acids is 1. The van der Waals surface area contributed by atoms with Crippen LogP contribution in [0.2, 0.25) is 0 Å². The van der Waals surface area contributed by atoms with Gasteiger partial charge in [-0.25, -0.2) is 4.79 Å². The maximum absolute atomic E-state index is 11.9. The van der Waals surface area contributed by atoms with Gasteiger partial charge in [0, 0.05) is 6.20 Å². The molecule has 0 aliphatic rings. The van der Waals surface area contributed by atoms with Crippen LogP contribution in [0, 0.1) is 0 Å². The van der Waals surface area contributed by atoms with Gasteiger partial charge in [0.05, 0.1) is 0 Å². The number of rotatable bonds is 10. The highest BCUT2D eigenvalue weighted by Gasteiger charge is 2.20. The molecular formula is C16H24N2O3. The Bertz CT molecular complexity index is 434. The monoisotopic (exact) mass is 292 g/mol. The summed E-state index contributed by atoms with van der Waals surface area (Å²) in [6.45, 7) is 2.16. The summed E-state index contributed by atoms with van der Waals surface area (Å²) in [5, 5.41) is 11.7. The smallest absolute Gasteiger partial charge is 0.326 e. The molecule has 0 aliphatic heterocycles. The molecule has 0 saturated carbocycles. The number of hydrogen-bond acceptors (Lipinski definition) is 3. The Balaban J connectivity index is 2.36. The summed E-state index contributed by atoms with van der Waals surface area (Å²) in [4.78, 5) is 27.0. The first-order valence-electron chi connectivity index (χ1n) is 7.60. The molecule has 0 unspecified atom stereocenters. The topological polar surface area (TPSA) is 79.3 Å². The number of carboxylic acid groups (broad SMARTS) is 1. The van der Waals surface area contributed by atoms with Crippen LogP contribution >= 0.6 is 0 Å². The molecule has 0 saturated heterocycles. The Morgan fingerprint density at radius 2 is 1.90 bits per heavy atom. The summed E-state index contributed by atoms with van der Waals surface area (Å²) in [5.74, 6) is -1.43. The average Bonchev–Trinajstić information content (AvgIpc) is 2.50. The van der Waals surface area contributed by atoms with Gasteiger partial charge in [0.2, 0.25) is 0 Å². The van der Waals surface area contributed by atoms with Crippen LogP contribution < -0.4 is 5.32 Å². The highest BCUT2D eigenvalue weighted by atomic mass is 16.4. The van der Waals surface area contributed by atoms with Crippen LogP contribution in [0.25, 0.3) is 0 Å². The fourth-order valence-electron chi connectivity index (χ4n) is 2.12.